The highest BCUT2D eigenvalue weighted by molar-refractivity contribution is 8.42. The number of hydrogen-bond acceptors (Lipinski definition) is 9. The number of aliphatic imine (C=N–C) groups is 1. The van der Waals surface area contributed by atoms with E-state index >= 15 is 0 Å². The molecule has 1 amide bonds. The van der Waals surface area contributed by atoms with E-state index in [2.05, 4.69) is 16.7 Å². The van der Waals surface area contributed by atoms with Gasteiger partial charge in [-0.05, 0) is 59.7 Å². The van der Waals surface area contributed by atoms with Crippen LogP contribution < -0.4 is 14.2 Å². The van der Waals surface area contributed by atoms with Crippen LogP contribution in [0.5, 0.6) is 17.2 Å². The SMILES string of the molecule is C=CCc1ccc(OCCOc2ccc(/C=C3\C(=N)N4N=C(S(C)(=O)=O)SC4=NC3=O)cc2)c(OC)c1. The number of carbonyl (C=O) groups is 1. The van der Waals surface area contributed by atoms with E-state index in [4.69, 9.17) is 19.6 Å². The molecular formula is C25H24N4O6S2. The summed E-state index contributed by atoms with van der Waals surface area (Å²) in [6.45, 7) is 4.34. The van der Waals surface area contributed by atoms with Crippen molar-refractivity contribution in [2.24, 2.45) is 10.1 Å². The number of thioether (sulfide) groups is 1. The number of nitrogens with zero attached hydrogens (tertiary/aromatic N) is 3. The standard InChI is InChI=1S/C25H24N4O6S2/c1-4-5-16-8-11-20(21(15-16)33-2)35-13-12-34-18-9-6-17(7-10-18)14-19-22(26)29-24(27-23(19)30)36-25(28-29)37(3,31)32/h4,6-11,14-15,26H,1,5,12-13H2,2-3H3/b19-14+,26-22?. The highest BCUT2D eigenvalue weighted by Crippen LogP contribution is 2.30. The van der Waals surface area contributed by atoms with Gasteiger partial charge in [0.15, 0.2) is 17.3 Å². The molecule has 1 N–H and O–H groups in total. The van der Waals surface area contributed by atoms with Gasteiger partial charge < -0.3 is 14.2 Å². The first-order valence-corrected chi connectivity index (χ1v) is 13.7. The molecule has 12 heteroatoms. The van der Waals surface area contributed by atoms with Crippen molar-refractivity contribution < 1.29 is 27.4 Å². The van der Waals surface area contributed by atoms with E-state index in [1.165, 1.54) is 6.08 Å². The van der Waals surface area contributed by atoms with Crippen molar-refractivity contribution in [3.05, 3.63) is 71.8 Å². The molecule has 2 aliphatic heterocycles. The number of hydrazone groups is 1. The lowest BCUT2D eigenvalue weighted by atomic mass is 10.1. The average molecular weight is 541 g/mol. The molecule has 0 saturated carbocycles. The Morgan fingerprint density at radius 3 is 2.51 bits per heavy atom. The quantitative estimate of drug-likeness (QED) is 0.291. The van der Waals surface area contributed by atoms with E-state index in [0.29, 0.717) is 36.0 Å². The third-order valence-electron chi connectivity index (χ3n) is 5.16. The molecule has 0 radical (unpaired) electrons. The molecule has 0 bridgehead atoms. The monoisotopic (exact) mass is 540 g/mol. The Balaban J connectivity index is 1.36. The summed E-state index contributed by atoms with van der Waals surface area (Å²) in [6.07, 6.45) is 5.07. The first-order chi connectivity index (χ1) is 17.7. The van der Waals surface area contributed by atoms with Gasteiger partial charge in [0.2, 0.25) is 19.4 Å². The van der Waals surface area contributed by atoms with Gasteiger partial charge in [-0.3, -0.25) is 10.2 Å². The Labute approximate surface area is 218 Å². The molecule has 4 rings (SSSR count). The van der Waals surface area contributed by atoms with Gasteiger partial charge in [-0.25, -0.2) is 8.42 Å². The van der Waals surface area contributed by atoms with Gasteiger partial charge in [0.05, 0.1) is 12.7 Å². The summed E-state index contributed by atoms with van der Waals surface area (Å²) in [4.78, 5) is 16.4. The highest BCUT2D eigenvalue weighted by atomic mass is 32.3. The molecule has 10 nitrogen and oxygen atoms in total. The van der Waals surface area contributed by atoms with E-state index in [1.54, 1.807) is 31.4 Å². The van der Waals surface area contributed by atoms with E-state index in [-0.39, 0.29) is 21.0 Å². The van der Waals surface area contributed by atoms with Crippen LogP contribution in [0.25, 0.3) is 6.08 Å². The number of benzene rings is 2. The van der Waals surface area contributed by atoms with Gasteiger partial charge >= 0.3 is 0 Å². The van der Waals surface area contributed by atoms with Crippen LogP contribution in [0.2, 0.25) is 0 Å². The molecule has 0 atom stereocenters. The molecule has 0 saturated heterocycles. The van der Waals surface area contributed by atoms with E-state index in [0.717, 1.165) is 35.0 Å². The summed E-state index contributed by atoms with van der Waals surface area (Å²) in [5.74, 6) is 0.978. The number of methoxy groups -OCH3 is 1. The topological polar surface area (TPSA) is 131 Å². The Morgan fingerprint density at radius 2 is 1.84 bits per heavy atom. The highest BCUT2D eigenvalue weighted by Gasteiger charge is 2.38. The Kier molecular flexibility index (Phi) is 7.79. The van der Waals surface area contributed by atoms with Crippen molar-refractivity contribution in [1.82, 2.24) is 5.01 Å². The molecule has 37 heavy (non-hydrogen) atoms. The predicted molar refractivity (Wildman–Crippen MR) is 144 cm³/mol. The van der Waals surface area contributed by atoms with Gasteiger partial charge in [0.1, 0.15) is 19.0 Å². The number of ether oxygens (including phenoxy) is 3. The zero-order chi connectivity index (χ0) is 26.6. The van der Waals surface area contributed by atoms with Crippen LogP contribution in [0.15, 0.2) is 70.8 Å². The van der Waals surface area contributed by atoms with Crippen LogP contribution in [-0.4, -0.2) is 61.3 Å². The molecule has 0 spiro atoms. The fourth-order valence-corrected chi connectivity index (χ4v) is 5.07. The van der Waals surface area contributed by atoms with Crippen LogP contribution in [0.3, 0.4) is 0 Å². The zero-order valence-electron chi connectivity index (χ0n) is 20.1. The maximum atomic E-state index is 12.5. The number of hydrogen-bond donors (Lipinski definition) is 1. The van der Waals surface area contributed by atoms with Crippen LogP contribution in [-0.2, 0) is 21.1 Å². The van der Waals surface area contributed by atoms with Crippen molar-refractivity contribution in [2.45, 2.75) is 6.42 Å². The lowest BCUT2D eigenvalue weighted by Crippen LogP contribution is -2.35. The minimum absolute atomic E-state index is 0.00187. The zero-order valence-corrected chi connectivity index (χ0v) is 21.8. The van der Waals surface area contributed by atoms with Crippen LogP contribution in [0.1, 0.15) is 11.1 Å². The summed E-state index contributed by atoms with van der Waals surface area (Å²) in [5.41, 5.74) is 1.71. The predicted octanol–water partition coefficient (Wildman–Crippen LogP) is 3.50. The third kappa shape index (κ3) is 6.09. The lowest BCUT2D eigenvalue weighted by Gasteiger charge is -2.20. The minimum atomic E-state index is -3.59. The van der Waals surface area contributed by atoms with Gasteiger partial charge in [0.25, 0.3) is 5.91 Å². The van der Waals surface area contributed by atoms with Crippen molar-refractivity contribution >= 4 is 49.0 Å². The fraction of sp³-hybridized carbons (Fsp3) is 0.200. The van der Waals surface area contributed by atoms with Crippen molar-refractivity contribution in [1.29, 1.82) is 5.41 Å². The number of rotatable bonds is 9. The smallest absolute Gasteiger partial charge is 0.283 e. The molecule has 0 fully saturated rings. The van der Waals surface area contributed by atoms with Crippen LogP contribution in [0, 0.1) is 5.41 Å². The molecule has 2 heterocycles. The van der Waals surface area contributed by atoms with Crippen LogP contribution in [0.4, 0.5) is 0 Å². The number of fused-ring (bicyclic) bond motifs is 1. The second kappa shape index (κ2) is 11.0. The summed E-state index contributed by atoms with van der Waals surface area (Å²) >= 11 is 0.743. The number of allylic oxidation sites excluding steroid dienone is 1. The maximum absolute atomic E-state index is 12.5. The second-order valence-corrected chi connectivity index (χ2v) is 11.0. The first-order valence-electron chi connectivity index (χ1n) is 11.0. The summed E-state index contributed by atoms with van der Waals surface area (Å²) < 4.78 is 40.2. The molecule has 2 aromatic rings. The van der Waals surface area contributed by atoms with E-state index in [9.17, 15) is 13.2 Å². The Bertz CT molecular complexity index is 1450. The molecule has 2 aliphatic rings. The van der Waals surface area contributed by atoms with Crippen molar-refractivity contribution in [3.63, 3.8) is 0 Å². The van der Waals surface area contributed by atoms with Gasteiger partial charge in [-0.2, -0.15) is 10.0 Å². The minimum Gasteiger partial charge on any atom is -0.493 e. The molecule has 2 aromatic carbocycles. The summed E-state index contributed by atoms with van der Waals surface area (Å²) in [7, 11) is -2.00. The van der Waals surface area contributed by atoms with E-state index in [1.807, 2.05) is 24.3 Å². The molecule has 192 valence electrons. The first kappa shape index (κ1) is 26.2. The third-order valence-corrected chi connectivity index (χ3v) is 7.74. The number of sulfone groups is 1. The molecular weight excluding hydrogens is 516 g/mol. The second-order valence-electron chi connectivity index (χ2n) is 7.90. The fourth-order valence-electron chi connectivity index (χ4n) is 3.39. The van der Waals surface area contributed by atoms with Gasteiger partial charge in [0, 0.05) is 6.26 Å². The van der Waals surface area contributed by atoms with Crippen LogP contribution >= 0.6 is 11.8 Å². The van der Waals surface area contributed by atoms with Crippen molar-refractivity contribution in [3.8, 4) is 17.2 Å². The van der Waals surface area contributed by atoms with E-state index < -0.39 is 15.7 Å². The summed E-state index contributed by atoms with van der Waals surface area (Å²) in [6, 6.07) is 12.6. The summed E-state index contributed by atoms with van der Waals surface area (Å²) in [5, 5.41) is 13.3. The normalized spacial score (nSPS) is 16.3. The maximum Gasteiger partial charge on any atom is 0.283 e. The number of amidine groups is 2. The van der Waals surface area contributed by atoms with Gasteiger partial charge in [-0.15, -0.1) is 11.7 Å². The molecule has 0 unspecified atom stereocenters. The van der Waals surface area contributed by atoms with Gasteiger partial charge in [-0.1, -0.05) is 24.3 Å². The number of nitrogens with one attached hydrogen (secondary N) is 1. The Morgan fingerprint density at radius 1 is 1.11 bits per heavy atom. The average Bonchev–Trinajstić information content (AvgIpc) is 3.31. The number of carbonyl (C=O) groups excluding carboxylic acids is 1. The van der Waals surface area contributed by atoms with Crippen molar-refractivity contribution in [2.75, 3.05) is 26.6 Å². The molecule has 0 aliphatic carbocycles. The molecule has 0 aromatic heterocycles. The largest absolute Gasteiger partial charge is 0.493 e. The number of amides is 1. The lowest BCUT2D eigenvalue weighted by molar-refractivity contribution is -0.114. The Hall–Kier alpha value is -3.90.